The molecule has 1 aliphatic heterocycles. The number of likely N-dealkylation sites (tertiary alicyclic amines) is 1. The SMILES string of the molecule is CN(C(N)=NC[C@@H]1CC(=O)N(C)[C@H]1c1ccccc1)C1CC1. The Labute approximate surface area is 131 Å². The van der Waals surface area contributed by atoms with Crippen LogP contribution < -0.4 is 5.73 Å². The van der Waals surface area contributed by atoms with Crippen molar-refractivity contribution in [2.24, 2.45) is 16.6 Å². The lowest BCUT2D eigenvalue weighted by Gasteiger charge is -2.25. The number of aliphatic imine (C=N–C) groups is 1. The van der Waals surface area contributed by atoms with Crippen LogP contribution in [0.15, 0.2) is 35.3 Å². The number of amides is 1. The van der Waals surface area contributed by atoms with Crippen LogP contribution in [0.2, 0.25) is 0 Å². The zero-order valence-electron chi connectivity index (χ0n) is 13.3. The predicted molar refractivity (Wildman–Crippen MR) is 87.3 cm³/mol. The Kier molecular flexibility index (Phi) is 4.05. The van der Waals surface area contributed by atoms with E-state index < -0.39 is 0 Å². The molecule has 5 heteroatoms. The van der Waals surface area contributed by atoms with Crippen molar-refractivity contribution in [1.82, 2.24) is 9.80 Å². The number of guanidine groups is 1. The molecular formula is C17H24N4O. The molecule has 0 spiro atoms. The first-order valence-corrected chi connectivity index (χ1v) is 7.91. The van der Waals surface area contributed by atoms with E-state index in [4.69, 9.17) is 5.73 Å². The molecule has 1 aromatic rings. The third-order valence-corrected chi connectivity index (χ3v) is 4.78. The standard InChI is InChI=1S/C17H24N4O/c1-20(14-8-9-14)17(18)19-11-13-10-15(22)21(2)16(13)12-6-4-3-5-7-12/h3-7,13-14,16H,8-11H2,1-2H3,(H2,18,19)/t13-,16-/m0/s1. The van der Waals surface area contributed by atoms with Crippen LogP contribution in [-0.2, 0) is 4.79 Å². The number of carbonyl (C=O) groups excluding carboxylic acids is 1. The highest BCUT2D eigenvalue weighted by Gasteiger charge is 2.38. The van der Waals surface area contributed by atoms with Crippen LogP contribution in [-0.4, -0.2) is 48.3 Å². The molecule has 2 N–H and O–H groups in total. The molecule has 2 aliphatic rings. The second-order valence-corrected chi connectivity index (χ2v) is 6.37. The first-order valence-electron chi connectivity index (χ1n) is 7.91. The Morgan fingerprint density at radius 1 is 1.36 bits per heavy atom. The van der Waals surface area contributed by atoms with Gasteiger partial charge in [0.05, 0.1) is 6.04 Å². The summed E-state index contributed by atoms with van der Waals surface area (Å²) < 4.78 is 0. The third kappa shape index (κ3) is 2.93. The first-order chi connectivity index (χ1) is 10.6. The number of carbonyl (C=O) groups is 1. The summed E-state index contributed by atoms with van der Waals surface area (Å²) in [5, 5.41) is 0. The normalized spacial score (nSPS) is 25.6. The molecule has 0 radical (unpaired) electrons. The van der Waals surface area contributed by atoms with Gasteiger partial charge >= 0.3 is 0 Å². The highest BCUT2D eigenvalue weighted by molar-refractivity contribution is 5.80. The summed E-state index contributed by atoms with van der Waals surface area (Å²) in [6.45, 7) is 0.596. The van der Waals surface area contributed by atoms with E-state index in [0.29, 0.717) is 25.0 Å². The molecule has 1 aromatic carbocycles. The summed E-state index contributed by atoms with van der Waals surface area (Å²) in [4.78, 5) is 20.6. The molecule has 5 nitrogen and oxygen atoms in total. The quantitative estimate of drug-likeness (QED) is 0.679. The number of hydrogen-bond donors (Lipinski definition) is 1. The number of nitrogens with zero attached hydrogens (tertiary/aromatic N) is 3. The fraction of sp³-hybridized carbons (Fsp3) is 0.529. The van der Waals surface area contributed by atoms with Gasteiger partial charge in [0.15, 0.2) is 5.96 Å². The maximum Gasteiger partial charge on any atom is 0.223 e. The molecular weight excluding hydrogens is 276 g/mol. The zero-order chi connectivity index (χ0) is 15.7. The van der Waals surface area contributed by atoms with Gasteiger partial charge in [-0.3, -0.25) is 9.79 Å². The van der Waals surface area contributed by atoms with Crippen LogP contribution in [0, 0.1) is 5.92 Å². The largest absolute Gasteiger partial charge is 0.370 e. The average Bonchev–Trinajstić information content (AvgIpc) is 3.33. The third-order valence-electron chi connectivity index (χ3n) is 4.78. The fourth-order valence-corrected chi connectivity index (χ4v) is 3.23. The van der Waals surface area contributed by atoms with Crippen LogP contribution in [0.25, 0.3) is 0 Å². The summed E-state index contributed by atoms with van der Waals surface area (Å²) in [6.07, 6.45) is 2.94. The maximum absolute atomic E-state index is 12.1. The van der Waals surface area contributed by atoms with Gasteiger partial charge in [-0.05, 0) is 18.4 Å². The van der Waals surface area contributed by atoms with Crippen molar-refractivity contribution in [3.05, 3.63) is 35.9 Å². The molecule has 2 fully saturated rings. The molecule has 0 aromatic heterocycles. The molecule has 2 atom stereocenters. The molecule has 3 rings (SSSR count). The molecule has 1 saturated heterocycles. The lowest BCUT2D eigenvalue weighted by molar-refractivity contribution is -0.127. The summed E-state index contributed by atoms with van der Waals surface area (Å²) in [7, 11) is 3.88. The summed E-state index contributed by atoms with van der Waals surface area (Å²) in [6, 6.07) is 10.8. The van der Waals surface area contributed by atoms with E-state index in [1.807, 2.05) is 37.2 Å². The Morgan fingerprint density at radius 2 is 2.05 bits per heavy atom. The van der Waals surface area contributed by atoms with Crippen molar-refractivity contribution in [2.45, 2.75) is 31.3 Å². The van der Waals surface area contributed by atoms with E-state index in [-0.39, 0.29) is 17.9 Å². The van der Waals surface area contributed by atoms with E-state index in [1.165, 1.54) is 18.4 Å². The lowest BCUT2D eigenvalue weighted by atomic mass is 9.94. The van der Waals surface area contributed by atoms with Crippen LogP contribution >= 0.6 is 0 Å². The molecule has 1 amide bonds. The van der Waals surface area contributed by atoms with Crippen molar-refractivity contribution in [3.8, 4) is 0 Å². The molecule has 0 unspecified atom stereocenters. The fourth-order valence-electron chi connectivity index (χ4n) is 3.23. The van der Waals surface area contributed by atoms with Gasteiger partial charge in [-0.2, -0.15) is 0 Å². The minimum Gasteiger partial charge on any atom is -0.370 e. The van der Waals surface area contributed by atoms with Gasteiger partial charge in [-0.25, -0.2) is 0 Å². The Morgan fingerprint density at radius 3 is 2.68 bits per heavy atom. The van der Waals surface area contributed by atoms with Crippen molar-refractivity contribution in [3.63, 3.8) is 0 Å². The minimum absolute atomic E-state index is 0.0940. The molecule has 1 saturated carbocycles. The van der Waals surface area contributed by atoms with Gasteiger partial charge in [-0.15, -0.1) is 0 Å². The van der Waals surface area contributed by atoms with E-state index >= 15 is 0 Å². The van der Waals surface area contributed by atoms with Gasteiger partial charge in [0.2, 0.25) is 5.91 Å². The second-order valence-electron chi connectivity index (χ2n) is 6.37. The van der Waals surface area contributed by atoms with Crippen LogP contribution in [0.3, 0.4) is 0 Å². The number of nitrogens with two attached hydrogens (primary N) is 1. The van der Waals surface area contributed by atoms with E-state index in [1.54, 1.807) is 0 Å². The molecule has 0 bridgehead atoms. The summed E-state index contributed by atoms with van der Waals surface area (Å²) in [5.74, 6) is 0.963. The Balaban J connectivity index is 1.73. The molecule has 1 aliphatic carbocycles. The smallest absolute Gasteiger partial charge is 0.223 e. The van der Waals surface area contributed by atoms with Crippen LogP contribution in [0.1, 0.15) is 30.9 Å². The zero-order valence-corrected chi connectivity index (χ0v) is 13.3. The van der Waals surface area contributed by atoms with Gasteiger partial charge in [0, 0.05) is 39.0 Å². The van der Waals surface area contributed by atoms with Gasteiger partial charge < -0.3 is 15.5 Å². The van der Waals surface area contributed by atoms with Crippen molar-refractivity contribution < 1.29 is 4.79 Å². The van der Waals surface area contributed by atoms with Crippen molar-refractivity contribution >= 4 is 11.9 Å². The average molecular weight is 300 g/mol. The minimum atomic E-state index is 0.0940. The highest BCUT2D eigenvalue weighted by Crippen LogP contribution is 2.37. The summed E-state index contributed by atoms with van der Waals surface area (Å²) >= 11 is 0. The molecule has 22 heavy (non-hydrogen) atoms. The maximum atomic E-state index is 12.1. The number of benzene rings is 1. The molecule has 118 valence electrons. The monoisotopic (exact) mass is 300 g/mol. The van der Waals surface area contributed by atoms with Crippen LogP contribution in [0.5, 0.6) is 0 Å². The second kappa shape index (κ2) is 5.99. The number of hydrogen-bond acceptors (Lipinski definition) is 2. The van der Waals surface area contributed by atoms with Gasteiger partial charge in [0.25, 0.3) is 0 Å². The molecule has 1 heterocycles. The van der Waals surface area contributed by atoms with Crippen molar-refractivity contribution in [2.75, 3.05) is 20.6 Å². The van der Waals surface area contributed by atoms with Crippen molar-refractivity contribution in [1.29, 1.82) is 0 Å². The van der Waals surface area contributed by atoms with E-state index in [9.17, 15) is 4.79 Å². The number of rotatable bonds is 4. The Bertz CT molecular complexity index is 567. The Hall–Kier alpha value is -2.04. The van der Waals surface area contributed by atoms with Gasteiger partial charge in [0.1, 0.15) is 0 Å². The van der Waals surface area contributed by atoms with E-state index in [2.05, 4.69) is 22.0 Å². The van der Waals surface area contributed by atoms with Gasteiger partial charge in [-0.1, -0.05) is 30.3 Å². The highest BCUT2D eigenvalue weighted by atomic mass is 16.2. The predicted octanol–water partition coefficient (Wildman–Crippen LogP) is 1.61. The van der Waals surface area contributed by atoms with Crippen LogP contribution in [0.4, 0.5) is 0 Å². The topological polar surface area (TPSA) is 61.9 Å². The summed E-state index contributed by atoms with van der Waals surface area (Å²) in [5.41, 5.74) is 7.24. The van der Waals surface area contributed by atoms with E-state index in [0.717, 1.165) is 0 Å². The first kappa shape index (κ1) is 14.9. The lowest BCUT2D eigenvalue weighted by Crippen LogP contribution is -2.36.